The van der Waals surface area contributed by atoms with Gasteiger partial charge < -0.3 is 15.4 Å². The quantitative estimate of drug-likeness (QED) is 0.930. The van der Waals surface area contributed by atoms with Gasteiger partial charge in [0.25, 0.3) is 5.91 Å². The van der Waals surface area contributed by atoms with Crippen LogP contribution in [0.2, 0.25) is 5.02 Å². The predicted octanol–water partition coefficient (Wildman–Crippen LogP) is 2.09. The molecule has 1 amide bonds. The average Bonchev–Trinajstić information content (AvgIpc) is 2.71. The summed E-state index contributed by atoms with van der Waals surface area (Å²) in [6.45, 7) is 0.703. The van der Waals surface area contributed by atoms with E-state index in [1.165, 1.54) is 18.2 Å². The molecule has 2 N–H and O–H groups in total. The molecular weight excluding hydrogens is 295 g/mol. The lowest BCUT2D eigenvalue weighted by atomic mass is 9.44. The molecule has 6 heteroatoms. The molecule has 21 heavy (non-hydrogen) atoms. The number of nitrogens with two attached hydrogens (primary N) is 1. The van der Waals surface area contributed by atoms with Crippen molar-refractivity contribution in [1.82, 2.24) is 4.90 Å². The van der Waals surface area contributed by atoms with Crippen molar-refractivity contribution in [3.05, 3.63) is 29.0 Å². The summed E-state index contributed by atoms with van der Waals surface area (Å²) in [6, 6.07) is 4.14. The van der Waals surface area contributed by atoms with E-state index in [4.69, 9.17) is 22.1 Å². The molecule has 1 saturated heterocycles. The third kappa shape index (κ3) is 1.87. The van der Waals surface area contributed by atoms with Crippen molar-refractivity contribution in [3.63, 3.8) is 0 Å². The van der Waals surface area contributed by atoms with Crippen LogP contribution in [0.15, 0.2) is 18.2 Å². The minimum Gasteiger partial charge on any atom is -0.480 e. The minimum absolute atomic E-state index is 0.000651. The maximum atomic E-state index is 13.1. The van der Waals surface area contributed by atoms with Crippen LogP contribution in [0.25, 0.3) is 0 Å². The molecule has 0 radical (unpaired) electrons. The Hall–Kier alpha value is -1.33. The molecule has 1 atom stereocenters. The van der Waals surface area contributed by atoms with Crippen LogP contribution in [0, 0.1) is 5.82 Å². The maximum absolute atomic E-state index is 13.1. The van der Waals surface area contributed by atoms with E-state index in [1.807, 2.05) is 4.90 Å². The lowest BCUT2D eigenvalue weighted by molar-refractivity contribution is -0.176. The van der Waals surface area contributed by atoms with E-state index < -0.39 is 11.9 Å². The monoisotopic (exact) mass is 310 g/mol. The van der Waals surface area contributed by atoms with Gasteiger partial charge in [-0.3, -0.25) is 4.79 Å². The molecule has 1 heterocycles. The van der Waals surface area contributed by atoms with E-state index in [9.17, 15) is 9.18 Å². The SMILES string of the molecule is NC12CC(N3CCC(Oc4ccc(F)c(Cl)c4)C3=O)(C1)C2. The lowest BCUT2D eigenvalue weighted by Gasteiger charge is -2.71. The number of amides is 1. The summed E-state index contributed by atoms with van der Waals surface area (Å²) < 4.78 is 18.8. The zero-order valence-corrected chi connectivity index (χ0v) is 12.2. The second-order valence-electron chi connectivity index (χ2n) is 6.58. The van der Waals surface area contributed by atoms with Crippen molar-refractivity contribution in [2.75, 3.05) is 6.54 Å². The summed E-state index contributed by atoms with van der Waals surface area (Å²) >= 11 is 5.73. The third-order valence-electron chi connectivity index (χ3n) is 4.94. The second-order valence-corrected chi connectivity index (χ2v) is 6.99. The van der Waals surface area contributed by atoms with Crippen LogP contribution in [-0.2, 0) is 4.79 Å². The van der Waals surface area contributed by atoms with Gasteiger partial charge in [-0.05, 0) is 31.4 Å². The van der Waals surface area contributed by atoms with Gasteiger partial charge in [0, 0.05) is 30.1 Å². The second kappa shape index (κ2) is 4.11. The minimum atomic E-state index is -0.505. The van der Waals surface area contributed by atoms with E-state index in [2.05, 4.69) is 0 Å². The normalized spacial score (nSPS) is 37.2. The molecule has 3 saturated carbocycles. The first-order valence-electron chi connectivity index (χ1n) is 7.13. The Morgan fingerprint density at radius 3 is 2.71 bits per heavy atom. The number of benzene rings is 1. The Morgan fingerprint density at radius 1 is 1.38 bits per heavy atom. The van der Waals surface area contributed by atoms with Crippen LogP contribution in [0.5, 0.6) is 5.75 Å². The molecule has 1 unspecified atom stereocenters. The van der Waals surface area contributed by atoms with E-state index in [0.29, 0.717) is 18.7 Å². The number of carbonyl (C=O) groups is 1. The first-order chi connectivity index (χ1) is 9.91. The summed E-state index contributed by atoms with van der Waals surface area (Å²) in [5.41, 5.74) is 6.02. The molecule has 112 valence electrons. The molecule has 3 aliphatic carbocycles. The van der Waals surface area contributed by atoms with E-state index in [-0.39, 0.29) is 22.0 Å². The molecular formula is C15H16ClFN2O2. The maximum Gasteiger partial charge on any atom is 0.264 e. The van der Waals surface area contributed by atoms with Gasteiger partial charge in [-0.2, -0.15) is 0 Å². The van der Waals surface area contributed by atoms with Crippen molar-refractivity contribution in [2.24, 2.45) is 5.73 Å². The number of likely N-dealkylation sites (tertiary alicyclic amines) is 1. The van der Waals surface area contributed by atoms with Crippen LogP contribution < -0.4 is 10.5 Å². The van der Waals surface area contributed by atoms with Crippen molar-refractivity contribution in [2.45, 2.75) is 42.9 Å². The summed E-state index contributed by atoms with van der Waals surface area (Å²) in [6.07, 6.45) is 2.85. The van der Waals surface area contributed by atoms with Gasteiger partial charge in [0.05, 0.1) is 5.02 Å². The van der Waals surface area contributed by atoms with Crippen molar-refractivity contribution >= 4 is 17.5 Å². The van der Waals surface area contributed by atoms with Crippen LogP contribution in [0.4, 0.5) is 4.39 Å². The van der Waals surface area contributed by atoms with Crippen molar-refractivity contribution in [3.8, 4) is 5.75 Å². The Bertz CT molecular complexity index is 616. The molecule has 5 rings (SSSR count). The highest BCUT2D eigenvalue weighted by Gasteiger charge is 2.70. The van der Waals surface area contributed by atoms with Crippen LogP contribution >= 0.6 is 11.6 Å². The van der Waals surface area contributed by atoms with Crippen LogP contribution in [0.3, 0.4) is 0 Å². The zero-order chi connectivity index (χ0) is 14.8. The third-order valence-corrected chi connectivity index (χ3v) is 5.23. The Balaban J connectivity index is 1.45. The van der Waals surface area contributed by atoms with Gasteiger partial charge in [0.15, 0.2) is 6.10 Å². The first-order valence-corrected chi connectivity index (χ1v) is 7.51. The molecule has 4 aliphatic rings. The number of hydrogen-bond donors (Lipinski definition) is 1. The number of nitrogens with zero attached hydrogens (tertiary/aromatic N) is 1. The highest BCUT2D eigenvalue weighted by atomic mass is 35.5. The number of halogens is 2. The van der Waals surface area contributed by atoms with Gasteiger partial charge in [-0.25, -0.2) is 4.39 Å². The molecule has 4 fully saturated rings. The van der Waals surface area contributed by atoms with Gasteiger partial charge in [0.1, 0.15) is 11.6 Å². The fraction of sp³-hybridized carbons (Fsp3) is 0.533. The van der Waals surface area contributed by atoms with E-state index in [1.54, 1.807) is 0 Å². The number of ether oxygens (including phenoxy) is 1. The van der Waals surface area contributed by atoms with E-state index >= 15 is 0 Å². The first kappa shape index (κ1) is 13.3. The highest BCUT2D eigenvalue weighted by Crippen LogP contribution is 2.62. The number of hydrogen-bond acceptors (Lipinski definition) is 3. The largest absolute Gasteiger partial charge is 0.480 e. The molecule has 1 aromatic carbocycles. The van der Waals surface area contributed by atoms with Crippen molar-refractivity contribution in [1.29, 1.82) is 0 Å². The topological polar surface area (TPSA) is 55.6 Å². The molecule has 1 aromatic rings. The summed E-state index contributed by atoms with van der Waals surface area (Å²) in [4.78, 5) is 14.4. The zero-order valence-electron chi connectivity index (χ0n) is 11.4. The standard InChI is InChI=1S/C15H16ClFN2O2/c16-10-5-9(1-2-11(10)17)21-12-3-4-19(13(12)20)15-6-14(18,7-15)8-15/h1-2,5,12H,3-4,6-8,18H2. The Kier molecular flexibility index (Phi) is 2.61. The molecule has 4 nitrogen and oxygen atoms in total. The summed E-state index contributed by atoms with van der Waals surface area (Å²) in [5, 5.41) is -0.000651. The average molecular weight is 311 g/mol. The van der Waals surface area contributed by atoms with Crippen LogP contribution in [0.1, 0.15) is 25.7 Å². The highest BCUT2D eigenvalue weighted by molar-refractivity contribution is 6.30. The lowest BCUT2D eigenvalue weighted by Crippen LogP contribution is -2.82. The molecule has 0 spiro atoms. The van der Waals surface area contributed by atoms with Gasteiger partial charge >= 0.3 is 0 Å². The molecule has 2 bridgehead atoms. The summed E-state index contributed by atoms with van der Waals surface area (Å²) in [7, 11) is 0. The number of rotatable bonds is 3. The smallest absolute Gasteiger partial charge is 0.264 e. The molecule has 0 aromatic heterocycles. The Morgan fingerprint density at radius 2 is 2.10 bits per heavy atom. The molecule has 1 aliphatic heterocycles. The van der Waals surface area contributed by atoms with Crippen molar-refractivity contribution < 1.29 is 13.9 Å². The summed E-state index contributed by atoms with van der Waals surface area (Å²) in [5.74, 6) is -0.0582. The fourth-order valence-electron chi connectivity index (χ4n) is 4.05. The van der Waals surface area contributed by atoms with Gasteiger partial charge in [-0.15, -0.1) is 0 Å². The Labute approximate surface area is 127 Å². The number of carbonyl (C=O) groups excluding carboxylic acids is 1. The van der Waals surface area contributed by atoms with Crippen LogP contribution in [-0.4, -0.2) is 34.5 Å². The van der Waals surface area contributed by atoms with Gasteiger partial charge in [-0.1, -0.05) is 11.6 Å². The predicted molar refractivity (Wildman–Crippen MR) is 75.7 cm³/mol. The van der Waals surface area contributed by atoms with Gasteiger partial charge in [0.2, 0.25) is 0 Å². The van der Waals surface area contributed by atoms with E-state index in [0.717, 1.165) is 19.3 Å². The fourth-order valence-corrected chi connectivity index (χ4v) is 4.22.